The number of ether oxygens (including phenoxy) is 1. The van der Waals surface area contributed by atoms with E-state index in [1.807, 2.05) is 0 Å². The maximum atomic E-state index is 5.16. The number of methoxy groups -OCH3 is 1. The summed E-state index contributed by atoms with van der Waals surface area (Å²) in [7, 11) is 3.85. The van der Waals surface area contributed by atoms with Crippen LogP contribution in [0.2, 0.25) is 0 Å². The third-order valence-electron chi connectivity index (χ3n) is 2.83. The summed E-state index contributed by atoms with van der Waals surface area (Å²) in [5, 5.41) is 6.69. The van der Waals surface area contributed by atoms with Crippen LogP contribution in [0.1, 0.15) is 31.5 Å². The molecule has 0 saturated heterocycles. The van der Waals surface area contributed by atoms with Crippen molar-refractivity contribution in [1.82, 2.24) is 15.2 Å². The van der Waals surface area contributed by atoms with Crippen molar-refractivity contribution in [2.75, 3.05) is 20.8 Å². The van der Waals surface area contributed by atoms with Gasteiger partial charge < -0.3 is 10.1 Å². The van der Waals surface area contributed by atoms with Crippen LogP contribution in [0.3, 0.4) is 0 Å². The summed E-state index contributed by atoms with van der Waals surface area (Å²) in [6, 6.07) is 0.913. The van der Waals surface area contributed by atoms with E-state index in [0.717, 1.165) is 30.4 Å². The highest BCUT2D eigenvalue weighted by Gasteiger charge is 2.11. The van der Waals surface area contributed by atoms with E-state index >= 15 is 0 Å². The highest BCUT2D eigenvalue weighted by Crippen LogP contribution is 2.12. The highest BCUT2D eigenvalue weighted by atomic mass is 32.1. The summed E-state index contributed by atoms with van der Waals surface area (Å²) in [6.45, 7) is 8.95. The molecule has 0 aliphatic rings. The molecule has 104 valence electrons. The fraction of sp³-hybridized carbons (Fsp3) is 0.769. The zero-order chi connectivity index (χ0) is 13.5. The number of thiazole rings is 1. The summed E-state index contributed by atoms with van der Waals surface area (Å²) in [6.07, 6.45) is 0. The Morgan fingerprint density at radius 3 is 2.78 bits per heavy atom. The second-order valence-corrected chi connectivity index (χ2v) is 5.93. The predicted octanol–water partition coefficient (Wildman–Crippen LogP) is 2.11. The Bertz CT molecular complexity index is 341. The van der Waals surface area contributed by atoms with Crippen LogP contribution < -0.4 is 5.32 Å². The molecule has 0 spiro atoms. The largest absolute Gasteiger partial charge is 0.383 e. The molecule has 1 atom stereocenters. The number of rotatable bonds is 8. The number of hydrogen-bond donors (Lipinski definition) is 1. The number of hydrogen-bond acceptors (Lipinski definition) is 5. The molecule has 18 heavy (non-hydrogen) atoms. The number of nitrogens with one attached hydrogen (secondary N) is 1. The summed E-state index contributed by atoms with van der Waals surface area (Å²) in [5.74, 6) is 0. The Morgan fingerprint density at radius 1 is 1.44 bits per heavy atom. The van der Waals surface area contributed by atoms with Crippen molar-refractivity contribution in [3.8, 4) is 0 Å². The monoisotopic (exact) mass is 271 g/mol. The molecule has 0 radical (unpaired) electrons. The second kappa shape index (κ2) is 7.84. The molecule has 5 heteroatoms. The van der Waals surface area contributed by atoms with Crippen LogP contribution in [0.25, 0.3) is 0 Å². The first-order valence-corrected chi connectivity index (χ1v) is 7.26. The molecule has 0 aromatic carbocycles. The van der Waals surface area contributed by atoms with Crippen LogP contribution in [0.5, 0.6) is 0 Å². The summed E-state index contributed by atoms with van der Waals surface area (Å²) < 4.78 is 5.16. The Labute approximate surface area is 114 Å². The van der Waals surface area contributed by atoms with Crippen molar-refractivity contribution in [2.45, 2.75) is 45.9 Å². The lowest BCUT2D eigenvalue weighted by Gasteiger charge is -2.22. The van der Waals surface area contributed by atoms with E-state index in [1.54, 1.807) is 18.4 Å². The van der Waals surface area contributed by atoms with Gasteiger partial charge in [-0.05, 0) is 14.0 Å². The molecule has 0 saturated carbocycles. The quantitative estimate of drug-likeness (QED) is 0.786. The molecule has 0 aliphatic carbocycles. The van der Waals surface area contributed by atoms with Gasteiger partial charge in [0.05, 0.1) is 12.3 Å². The van der Waals surface area contributed by atoms with E-state index in [-0.39, 0.29) is 0 Å². The number of aromatic nitrogens is 1. The molecule has 0 bridgehead atoms. The molecule has 1 rings (SSSR count). The molecule has 1 unspecified atom stereocenters. The van der Waals surface area contributed by atoms with Crippen molar-refractivity contribution in [1.29, 1.82) is 0 Å². The van der Waals surface area contributed by atoms with Gasteiger partial charge >= 0.3 is 0 Å². The Balaban J connectivity index is 2.43. The topological polar surface area (TPSA) is 37.4 Å². The normalized spacial score (nSPS) is 13.5. The first kappa shape index (κ1) is 15.6. The van der Waals surface area contributed by atoms with Gasteiger partial charge in [-0.2, -0.15) is 0 Å². The van der Waals surface area contributed by atoms with Crippen molar-refractivity contribution in [2.24, 2.45) is 0 Å². The lowest BCUT2D eigenvalue weighted by molar-refractivity contribution is 0.111. The Morgan fingerprint density at radius 2 is 2.17 bits per heavy atom. The van der Waals surface area contributed by atoms with Gasteiger partial charge in [-0.1, -0.05) is 13.8 Å². The van der Waals surface area contributed by atoms with E-state index in [9.17, 15) is 0 Å². The first-order valence-electron chi connectivity index (χ1n) is 6.38. The first-order chi connectivity index (χ1) is 8.52. The van der Waals surface area contributed by atoms with Crippen LogP contribution in [0.15, 0.2) is 5.38 Å². The summed E-state index contributed by atoms with van der Waals surface area (Å²) in [4.78, 5) is 6.90. The van der Waals surface area contributed by atoms with Gasteiger partial charge in [0.1, 0.15) is 5.01 Å². The van der Waals surface area contributed by atoms with Gasteiger partial charge in [0.15, 0.2) is 0 Å². The highest BCUT2D eigenvalue weighted by molar-refractivity contribution is 7.09. The fourth-order valence-electron chi connectivity index (χ4n) is 1.57. The van der Waals surface area contributed by atoms with Crippen molar-refractivity contribution in [3.63, 3.8) is 0 Å². The molecule has 0 fully saturated rings. The molecular formula is C13H25N3OS. The maximum absolute atomic E-state index is 5.16. The van der Waals surface area contributed by atoms with Crippen LogP contribution in [0, 0.1) is 0 Å². The molecule has 1 aromatic heterocycles. The minimum absolute atomic E-state index is 0.411. The molecule has 4 nitrogen and oxygen atoms in total. The number of nitrogens with zero attached hydrogens (tertiary/aromatic N) is 2. The van der Waals surface area contributed by atoms with E-state index in [1.165, 1.54) is 0 Å². The van der Waals surface area contributed by atoms with E-state index < -0.39 is 0 Å². The SMILES string of the molecule is COCC(C)N(C)Cc1csc(CNC(C)C)n1. The minimum atomic E-state index is 0.411. The molecule has 1 N–H and O–H groups in total. The van der Waals surface area contributed by atoms with Crippen molar-refractivity contribution >= 4 is 11.3 Å². The third-order valence-corrected chi connectivity index (χ3v) is 3.73. The van der Waals surface area contributed by atoms with Crippen LogP contribution in [-0.2, 0) is 17.8 Å². The number of likely N-dealkylation sites (N-methyl/N-ethyl adjacent to an activating group) is 1. The molecule has 0 aliphatic heterocycles. The lowest BCUT2D eigenvalue weighted by atomic mass is 10.3. The van der Waals surface area contributed by atoms with E-state index in [4.69, 9.17) is 4.74 Å². The average molecular weight is 271 g/mol. The van der Waals surface area contributed by atoms with Crippen LogP contribution in [0.4, 0.5) is 0 Å². The van der Waals surface area contributed by atoms with E-state index in [0.29, 0.717) is 12.1 Å². The average Bonchev–Trinajstić information content (AvgIpc) is 2.74. The van der Waals surface area contributed by atoms with Gasteiger partial charge in [-0.3, -0.25) is 4.90 Å². The third kappa shape index (κ3) is 5.44. The molecular weight excluding hydrogens is 246 g/mol. The zero-order valence-electron chi connectivity index (χ0n) is 12.1. The summed E-state index contributed by atoms with van der Waals surface area (Å²) >= 11 is 1.73. The fourth-order valence-corrected chi connectivity index (χ4v) is 2.31. The smallest absolute Gasteiger partial charge is 0.107 e. The van der Waals surface area contributed by atoms with Crippen LogP contribution in [-0.4, -0.2) is 42.7 Å². The zero-order valence-corrected chi connectivity index (χ0v) is 12.9. The molecule has 0 amide bonds. The predicted molar refractivity (Wildman–Crippen MR) is 76.9 cm³/mol. The minimum Gasteiger partial charge on any atom is -0.383 e. The standard InChI is InChI=1S/C13H25N3OS/c1-10(2)14-6-13-15-12(9-18-13)7-16(4)11(3)8-17-5/h9-11,14H,6-8H2,1-5H3. The molecule has 1 aromatic rings. The van der Waals surface area contributed by atoms with Gasteiger partial charge in [0, 0.05) is 37.7 Å². The summed E-state index contributed by atoms with van der Waals surface area (Å²) in [5.41, 5.74) is 1.14. The van der Waals surface area contributed by atoms with Gasteiger partial charge in [0.25, 0.3) is 0 Å². The van der Waals surface area contributed by atoms with Crippen molar-refractivity contribution in [3.05, 3.63) is 16.1 Å². The van der Waals surface area contributed by atoms with Gasteiger partial charge in [-0.25, -0.2) is 4.98 Å². The molecule has 1 heterocycles. The Kier molecular flexibility index (Phi) is 6.78. The van der Waals surface area contributed by atoms with Crippen LogP contribution >= 0.6 is 11.3 Å². The van der Waals surface area contributed by atoms with Gasteiger partial charge in [-0.15, -0.1) is 11.3 Å². The lowest BCUT2D eigenvalue weighted by Crippen LogP contribution is -2.32. The second-order valence-electron chi connectivity index (χ2n) is 4.99. The Hall–Kier alpha value is -0.490. The van der Waals surface area contributed by atoms with Crippen molar-refractivity contribution < 1.29 is 4.74 Å². The maximum Gasteiger partial charge on any atom is 0.107 e. The van der Waals surface area contributed by atoms with E-state index in [2.05, 4.69) is 48.4 Å². The van der Waals surface area contributed by atoms with Gasteiger partial charge in [0.2, 0.25) is 0 Å².